The summed E-state index contributed by atoms with van der Waals surface area (Å²) < 4.78 is 4.84. The highest BCUT2D eigenvalue weighted by Crippen LogP contribution is 2.46. The Kier molecular flexibility index (Phi) is 8.24. The molecule has 3 heterocycles. The van der Waals surface area contributed by atoms with Crippen LogP contribution in [-0.4, -0.2) is 29.1 Å². The molecule has 0 N–H and O–H groups in total. The van der Waals surface area contributed by atoms with Crippen LogP contribution in [-0.2, 0) is 12.8 Å². The molecule has 1 aliphatic rings. The fourth-order valence-electron chi connectivity index (χ4n) is 9.96. The summed E-state index contributed by atoms with van der Waals surface area (Å²) >= 11 is 0. The molecule has 1 aliphatic carbocycles. The SMILES string of the molecule is c1ccc(-c2nc(-c3ccccc3)nc(-c3ccc(-n4c5ccccc5c5cc6c(cc54)CCc4ccc5nc(-c7ccccc7)n(-c7ccccc7)c5c4-6)c4ccccc34)n2)cc1. The number of fused-ring (bicyclic) bond motifs is 9. The van der Waals surface area contributed by atoms with Crippen molar-refractivity contribution in [3.63, 3.8) is 0 Å². The molecule has 3 aromatic heterocycles. The third-order valence-electron chi connectivity index (χ3n) is 12.9. The van der Waals surface area contributed by atoms with Crippen molar-refractivity contribution >= 4 is 43.6 Å². The molecule has 0 aliphatic heterocycles. The number of hydrogen-bond acceptors (Lipinski definition) is 4. The molecule has 0 amide bonds. The normalized spacial score (nSPS) is 12.2. The van der Waals surface area contributed by atoms with E-state index in [0.29, 0.717) is 17.5 Å². The summed E-state index contributed by atoms with van der Waals surface area (Å²) in [6.07, 6.45) is 1.90. The lowest BCUT2D eigenvalue weighted by Gasteiger charge is -2.23. The van der Waals surface area contributed by atoms with E-state index in [9.17, 15) is 0 Å². The van der Waals surface area contributed by atoms with Gasteiger partial charge in [0.05, 0.1) is 27.8 Å². The van der Waals surface area contributed by atoms with Crippen LogP contribution in [0.2, 0.25) is 0 Å². The molecule has 0 spiro atoms. The maximum atomic E-state index is 5.34. The fourth-order valence-corrected chi connectivity index (χ4v) is 9.96. The van der Waals surface area contributed by atoms with Crippen molar-refractivity contribution in [2.45, 2.75) is 12.8 Å². The molecular weight excluding hydrogens is 781 g/mol. The van der Waals surface area contributed by atoms with Gasteiger partial charge in [0.2, 0.25) is 0 Å². The number of aromatic nitrogens is 6. The minimum atomic E-state index is 0.641. The number of hydrogen-bond donors (Lipinski definition) is 0. The van der Waals surface area contributed by atoms with E-state index in [1.54, 1.807) is 0 Å². The predicted molar refractivity (Wildman–Crippen MR) is 261 cm³/mol. The quantitative estimate of drug-likeness (QED) is 0.168. The third-order valence-corrected chi connectivity index (χ3v) is 12.9. The van der Waals surface area contributed by atoms with E-state index < -0.39 is 0 Å². The minimum absolute atomic E-state index is 0.641. The topological polar surface area (TPSA) is 61.4 Å². The summed E-state index contributed by atoms with van der Waals surface area (Å²) in [6, 6.07) is 72.9. The summed E-state index contributed by atoms with van der Waals surface area (Å²) in [4.78, 5) is 20.6. The first kappa shape index (κ1) is 36.2. The van der Waals surface area contributed by atoms with Crippen molar-refractivity contribution in [2.75, 3.05) is 0 Å². The molecule has 0 saturated carbocycles. The highest BCUT2D eigenvalue weighted by atomic mass is 15.1. The summed E-state index contributed by atoms with van der Waals surface area (Å²) in [7, 11) is 0. The molecule has 6 nitrogen and oxygen atoms in total. The van der Waals surface area contributed by atoms with Crippen molar-refractivity contribution in [3.8, 4) is 68.1 Å². The molecule has 0 unspecified atom stereocenters. The van der Waals surface area contributed by atoms with Crippen molar-refractivity contribution < 1.29 is 0 Å². The van der Waals surface area contributed by atoms with Crippen LogP contribution in [0, 0.1) is 0 Å². The number of benzene rings is 9. The van der Waals surface area contributed by atoms with Crippen molar-refractivity contribution in [2.24, 2.45) is 0 Å². The van der Waals surface area contributed by atoms with Crippen molar-refractivity contribution in [1.29, 1.82) is 0 Å². The Morgan fingerprint density at radius 3 is 1.64 bits per heavy atom. The van der Waals surface area contributed by atoms with Crippen LogP contribution in [0.1, 0.15) is 11.1 Å². The molecule has 64 heavy (non-hydrogen) atoms. The Morgan fingerprint density at radius 1 is 0.359 bits per heavy atom. The maximum absolute atomic E-state index is 5.34. The summed E-state index contributed by atoms with van der Waals surface area (Å²) in [5.74, 6) is 2.88. The van der Waals surface area contributed by atoms with Gasteiger partial charge in [0.15, 0.2) is 17.5 Å². The Hall–Kier alpha value is -8.48. The fraction of sp³-hybridized carbons (Fsp3) is 0.0345. The number of para-hydroxylation sites is 2. The zero-order valence-corrected chi connectivity index (χ0v) is 34.7. The van der Waals surface area contributed by atoms with Gasteiger partial charge >= 0.3 is 0 Å². The second-order valence-electron chi connectivity index (χ2n) is 16.5. The smallest absolute Gasteiger partial charge is 0.164 e. The molecule has 0 atom stereocenters. The molecule has 0 bridgehead atoms. The number of nitrogens with zero attached hydrogens (tertiary/aromatic N) is 6. The van der Waals surface area contributed by atoms with Gasteiger partial charge in [-0.25, -0.2) is 19.9 Å². The van der Waals surface area contributed by atoms with Gasteiger partial charge in [-0.3, -0.25) is 4.57 Å². The molecule has 9 aromatic carbocycles. The van der Waals surface area contributed by atoms with E-state index in [2.05, 4.69) is 179 Å². The van der Waals surface area contributed by atoms with E-state index in [0.717, 1.165) is 79.6 Å². The Balaban J connectivity index is 1.03. The van der Waals surface area contributed by atoms with Crippen LogP contribution >= 0.6 is 0 Å². The van der Waals surface area contributed by atoms with Gasteiger partial charge in [0.25, 0.3) is 0 Å². The van der Waals surface area contributed by atoms with E-state index in [4.69, 9.17) is 19.9 Å². The molecule has 13 rings (SSSR count). The highest BCUT2D eigenvalue weighted by Gasteiger charge is 2.27. The lowest BCUT2D eigenvalue weighted by molar-refractivity contribution is 0.943. The predicted octanol–water partition coefficient (Wildman–Crippen LogP) is 13.9. The second kappa shape index (κ2) is 14.6. The summed E-state index contributed by atoms with van der Waals surface area (Å²) in [5, 5.41) is 4.63. The van der Waals surface area contributed by atoms with Crippen molar-refractivity contribution in [3.05, 3.63) is 217 Å². The van der Waals surface area contributed by atoms with Crippen LogP contribution in [0.5, 0.6) is 0 Å². The summed E-state index contributed by atoms with van der Waals surface area (Å²) in [5.41, 5.74) is 15.9. The average molecular weight is 819 g/mol. The zero-order chi connectivity index (χ0) is 42.1. The van der Waals surface area contributed by atoms with Crippen LogP contribution in [0.15, 0.2) is 206 Å². The molecule has 0 fully saturated rings. The lowest BCUT2D eigenvalue weighted by atomic mass is 9.84. The Labute approximate surface area is 369 Å². The average Bonchev–Trinajstić information content (AvgIpc) is 3.92. The second-order valence-corrected chi connectivity index (χ2v) is 16.5. The zero-order valence-electron chi connectivity index (χ0n) is 34.7. The maximum Gasteiger partial charge on any atom is 0.164 e. The Morgan fingerprint density at radius 2 is 0.938 bits per heavy atom. The van der Waals surface area contributed by atoms with Gasteiger partial charge in [0.1, 0.15) is 5.82 Å². The monoisotopic (exact) mass is 818 g/mol. The minimum Gasteiger partial charge on any atom is -0.309 e. The van der Waals surface area contributed by atoms with E-state index in [1.807, 2.05) is 36.4 Å². The van der Waals surface area contributed by atoms with E-state index in [-0.39, 0.29) is 0 Å². The largest absolute Gasteiger partial charge is 0.309 e. The molecule has 6 heteroatoms. The molecular formula is C58H38N6. The number of imidazole rings is 1. The van der Waals surface area contributed by atoms with Crippen LogP contribution in [0.25, 0.3) is 112 Å². The first-order valence-corrected chi connectivity index (χ1v) is 21.9. The first-order valence-electron chi connectivity index (χ1n) is 21.9. The van der Waals surface area contributed by atoms with Gasteiger partial charge in [-0.2, -0.15) is 0 Å². The van der Waals surface area contributed by atoms with E-state index >= 15 is 0 Å². The van der Waals surface area contributed by atoms with Crippen LogP contribution < -0.4 is 0 Å². The molecule has 0 saturated heterocycles. The van der Waals surface area contributed by atoms with Gasteiger partial charge in [-0.15, -0.1) is 0 Å². The highest BCUT2D eigenvalue weighted by molar-refractivity contribution is 6.14. The van der Waals surface area contributed by atoms with Crippen LogP contribution in [0.4, 0.5) is 0 Å². The molecule has 0 radical (unpaired) electrons. The van der Waals surface area contributed by atoms with Crippen LogP contribution in [0.3, 0.4) is 0 Å². The van der Waals surface area contributed by atoms with Gasteiger partial charge in [-0.05, 0) is 83.4 Å². The number of aryl methyl sites for hydroxylation is 2. The van der Waals surface area contributed by atoms with E-state index in [1.165, 1.54) is 38.5 Å². The first-order chi connectivity index (χ1) is 31.7. The molecule has 300 valence electrons. The molecule has 12 aromatic rings. The van der Waals surface area contributed by atoms with Gasteiger partial charge in [-0.1, -0.05) is 158 Å². The summed E-state index contributed by atoms with van der Waals surface area (Å²) in [6.45, 7) is 0. The lowest BCUT2D eigenvalue weighted by Crippen LogP contribution is -2.07. The third kappa shape index (κ3) is 5.73. The number of rotatable bonds is 6. The van der Waals surface area contributed by atoms with Crippen molar-refractivity contribution in [1.82, 2.24) is 29.1 Å². The Bertz CT molecular complexity index is 3700. The van der Waals surface area contributed by atoms with Gasteiger partial charge in [0, 0.05) is 49.7 Å². The van der Waals surface area contributed by atoms with Gasteiger partial charge < -0.3 is 4.57 Å². The standard InChI is InChI=1S/C58H38N6/c1-5-17-38(18-6-1)55-60-56(39-19-7-2-8-20-39)62-57(61-55)46-32-34-51(44-26-14-13-25-43(44)46)64-50-28-16-15-27-45(50)48-36-47-41(35-52(48)64)30-29-37-31-33-49-54(53(37)47)63(42-23-11-4-12-24-42)58(59-49)40-21-9-3-10-22-40/h1-28,31-36H,29-30H2.